The normalized spacial score (nSPS) is 13.8. The molecule has 0 saturated heterocycles. The molecule has 0 saturated carbocycles. The lowest BCUT2D eigenvalue weighted by Crippen LogP contribution is -2.45. The van der Waals surface area contributed by atoms with E-state index in [1.54, 1.807) is 25.1 Å². The van der Waals surface area contributed by atoms with Gasteiger partial charge in [-0.3, -0.25) is 4.79 Å². The van der Waals surface area contributed by atoms with Crippen molar-refractivity contribution in [1.82, 2.24) is 0 Å². The Labute approximate surface area is 106 Å². The van der Waals surface area contributed by atoms with Crippen molar-refractivity contribution in [2.24, 2.45) is 5.73 Å². The molecule has 4 nitrogen and oxygen atoms in total. The molecule has 0 bridgehead atoms. The van der Waals surface area contributed by atoms with Crippen LogP contribution in [-0.2, 0) is 9.53 Å². The highest BCUT2D eigenvalue weighted by Gasteiger charge is 2.28. The molecule has 0 aliphatic heterocycles. The minimum atomic E-state index is -1.03. The number of carbonyl (C=O) groups excluding carboxylic acids is 1. The lowest BCUT2D eigenvalue weighted by atomic mass is 9.98. The first-order chi connectivity index (χ1) is 8.47. The minimum Gasteiger partial charge on any atom is -0.491 e. The van der Waals surface area contributed by atoms with E-state index in [9.17, 15) is 9.18 Å². The molecule has 0 heterocycles. The highest BCUT2D eigenvalue weighted by molar-refractivity contribution is 5.79. The van der Waals surface area contributed by atoms with Crippen LogP contribution in [-0.4, -0.2) is 25.2 Å². The van der Waals surface area contributed by atoms with Crippen molar-refractivity contribution in [3.8, 4) is 5.75 Å². The fourth-order valence-electron chi connectivity index (χ4n) is 1.52. The third kappa shape index (κ3) is 4.00. The average molecular weight is 255 g/mol. The number of methoxy groups -OCH3 is 1. The molecule has 0 aliphatic rings. The van der Waals surface area contributed by atoms with Gasteiger partial charge in [0.1, 0.15) is 5.54 Å². The molecule has 1 atom stereocenters. The van der Waals surface area contributed by atoms with E-state index < -0.39 is 17.3 Å². The lowest BCUT2D eigenvalue weighted by molar-refractivity contribution is -0.146. The number of ether oxygens (including phenoxy) is 2. The van der Waals surface area contributed by atoms with E-state index in [1.165, 1.54) is 13.2 Å². The van der Waals surface area contributed by atoms with Crippen molar-refractivity contribution in [2.45, 2.75) is 25.3 Å². The summed E-state index contributed by atoms with van der Waals surface area (Å²) in [5, 5.41) is 0. The fraction of sp³-hybridized carbons (Fsp3) is 0.462. The molecule has 0 spiro atoms. The summed E-state index contributed by atoms with van der Waals surface area (Å²) >= 11 is 0. The number of nitrogens with two attached hydrogens (primary N) is 1. The Kier molecular flexibility index (Phi) is 5.09. The summed E-state index contributed by atoms with van der Waals surface area (Å²) < 4.78 is 23.1. The number of halogens is 1. The lowest BCUT2D eigenvalue weighted by Gasteiger charge is -2.21. The van der Waals surface area contributed by atoms with Crippen LogP contribution in [0.4, 0.5) is 4.39 Å². The molecule has 0 aromatic heterocycles. The van der Waals surface area contributed by atoms with Crippen molar-refractivity contribution < 1.29 is 18.7 Å². The zero-order valence-electron chi connectivity index (χ0n) is 10.6. The van der Waals surface area contributed by atoms with Crippen LogP contribution in [0, 0.1) is 5.82 Å². The molecule has 1 aromatic carbocycles. The Hall–Kier alpha value is -1.62. The van der Waals surface area contributed by atoms with Crippen LogP contribution < -0.4 is 10.5 Å². The van der Waals surface area contributed by atoms with Crippen molar-refractivity contribution >= 4 is 5.97 Å². The van der Waals surface area contributed by atoms with Gasteiger partial charge in [-0.25, -0.2) is 4.39 Å². The molecule has 18 heavy (non-hydrogen) atoms. The number of benzene rings is 1. The van der Waals surface area contributed by atoms with Crippen LogP contribution in [0.1, 0.15) is 19.8 Å². The number of hydrogen-bond donors (Lipinski definition) is 1. The number of carbonyl (C=O) groups is 1. The van der Waals surface area contributed by atoms with Crippen LogP contribution in [0.2, 0.25) is 0 Å². The molecule has 100 valence electrons. The topological polar surface area (TPSA) is 61.5 Å². The van der Waals surface area contributed by atoms with Crippen LogP contribution in [0.5, 0.6) is 5.75 Å². The quantitative estimate of drug-likeness (QED) is 0.622. The molecule has 5 heteroatoms. The summed E-state index contributed by atoms with van der Waals surface area (Å²) in [7, 11) is 1.29. The summed E-state index contributed by atoms with van der Waals surface area (Å²) in [6.07, 6.45) is 0.949. The van der Waals surface area contributed by atoms with E-state index in [1.807, 2.05) is 0 Å². The first-order valence-electron chi connectivity index (χ1n) is 5.72. The summed E-state index contributed by atoms with van der Waals surface area (Å²) in [6, 6.07) is 6.17. The summed E-state index contributed by atoms with van der Waals surface area (Å²) in [6.45, 7) is 1.90. The van der Waals surface area contributed by atoms with Gasteiger partial charge in [-0.2, -0.15) is 0 Å². The Morgan fingerprint density at radius 1 is 1.44 bits per heavy atom. The Bertz CT molecular complexity index is 407. The summed E-state index contributed by atoms with van der Waals surface area (Å²) in [5.41, 5.74) is 4.74. The maximum Gasteiger partial charge on any atom is 0.325 e. The summed E-state index contributed by atoms with van der Waals surface area (Å²) in [5.74, 6) is -0.663. The van der Waals surface area contributed by atoms with Gasteiger partial charge in [0.25, 0.3) is 0 Å². The third-order valence-corrected chi connectivity index (χ3v) is 2.59. The first-order valence-corrected chi connectivity index (χ1v) is 5.72. The molecule has 1 unspecified atom stereocenters. The van der Waals surface area contributed by atoms with Crippen molar-refractivity contribution in [3.05, 3.63) is 30.1 Å². The maximum atomic E-state index is 13.2. The molecule has 1 rings (SSSR count). The SMILES string of the molecule is COC(=O)C(C)(N)CCCOc1ccccc1F. The van der Waals surface area contributed by atoms with Crippen molar-refractivity contribution in [1.29, 1.82) is 0 Å². The second-order valence-electron chi connectivity index (χ2n) is 4.29. The highest BCUT2D eigenvalue weighted by Crippen LogP contribution is 2.17. The highest BCUT2D eigenvalue weighted by atomic mass is 19.1. The number of esters is 1. The first kappa shape index (κ1) is 14.4. The standard InChI is InChI=1S/C13H18FNO3/c1-13(15,12(16)17-2)8-5-9-18-11-7-4-3-6-10(11)14/h3-4,6-7H,5,8-9,15H2,1-2H3. The monoisotopic (exact) mass is 255 g/mol. The molecule has 0 fully saturated rings. The molecular formula is C13H18FNO3. The number of para-hydroxylation sites is 1. The van der Waals surface area contributed by atoms with E-state index in [-0.39, 0.29) is 5.75 Å². The molecule has 2 N–H and O–H groups in total. The Balaban J connectivity index is 2.35. The second-order valence-corrected chi connectivity index (χ2v) is 4.29. The van der Waals surface area contributed by atoms with E-state index >= 15 is 0 Å². The van der Waals surface area contributed by atoms with Gasteiger partial charge in [0.05, 0.1) is 13.7 Å². The van der Waals surface area contributed by atoms with Crippen LogP contribution >= 0.6 is 0 Å². The molecule has 0 radical (unpaired) electrons. The second kappa shape index (κ2) is 6.35. The zero-order chi connectivity index (χ0) is 13.6. The fourth-order valence-corrected chi connectivity index (χ4v) is 1.52. The van der Waals surface area contributed by atoms with Crippen LogP contribution in [0.25, 0.3) is 0 Å². The predicted molar refractivity (Wildman–Crippen MR) is 65.7 cm³/mol. The van der Waals surface area contributed by atoms with Gasteiger partial charge in [-0.15, -0.1) is 0 Å². The van der Waals surface area contributed by atoms with Crippen molar-refractivity contribution in [3.63, 3.8) is 0 Å². The van der Waals surface area contributed by atoms with Gasteiger partial charge < -0.3 is 15.2 Å². The maximum absolute atomic E-state index is 13.2. The van der Waals surface area contributed by atoms with E-state index in [2.05, 4.69) is 4.74 Å². The predicted octanol–water partition coefficient (Wildman–Crippen LogP) is 1.88. The molecule has 0 amide bonds. The smallest absolute Gasteiger partial charge is 0.325 e. The zero-order valence-corrected chi connectivity index (χ0v) is 10.6. The van der Waals surface area contributed by atoms with Gasteiger partial charge in [0.15, 0.2) is 11.6 Å². The largest absolute Gasteiger partial charge is 0.491 e. The molecular weight excluding hydrogens is 237 g/mol. The Morgan fingerprint density at radius 3 is 2.72 bits per heavy atom. The number of rotatable bonds is 6. The van der Waals surface area contributed by atoms with E-state index in [0.717, 1.165) is 0 Å². The van der Waals surface area contributed by atoms with E-state index in [4.69, 9.17) is 10.5 Å². The van der Waals surface area contributed by atoms with Gasteiger partial charge in [0, 0.05) is 0 Å². The van der Waals surface area contributed by atoms with E-state index in [0.29, 0.717) is 19.4 Å². The molecule has 0 aliphatic carbocycles. The van der Waals surface area contributed by atoms with Gasteiger partial charge in [-0.05, 0) is 31.9 Å². The van der Waals surface area contributed by atoms with Crippen LogP contribution in [0.15, 0.2) is 24.3 Å². The van der Waals surface area contributed by atoms with Gasteiger partial charge in [0.2, 0.25) is 0 Å². The minimum absolute atomic E-state index is 0.203. The average Bonchev–Trinajstić information content (AvgIpc) is 2.35. The summed E-state index contributed by atoms with van der Waals surface area (Å²) in [4.78, 5) is 11.3. The van der Waals surface area contributed by atoms with Gasteiger partial charge >= 0.3 is 5.97 Å². The van der Waals surface area contributed by atoms with Crippen molar-refractivity contribution in [2.75, 3.05) is 13.7 Å². The van der Waals surface area contributed by atoms with Crippen LogP contribution in [0.3, 0.4) is 0 Å². The third-order valence-electron chi connectivity index (χ3n) is 2.59. The van der Waals surface area contributed by atoms with Gasteiger partial charge in [-0.1, -0.05) is 12.1 Å². The number of hydrogen-bond acceptors (Lipinski definition) is 4. The molecule has 1 aromatic rings. The Morgan fingerprint density at radius 2 is 2.11 bits per heavy atom.